The number of phenolic OH excluding ortho intramolecular Hbond substituents is 1. The highest BCUT2D eigenvalue weighted by molar-refractivity contribution is 5.78. The number of nitrogens with one attached hydrogen (secondary N) is 2. The Bertz CT molecular complexity index is 515. The molecule has 23 heavy (non-hydrogen) atoms. The predicted octanol–water partition coefficient (Wildman–Crippen LogP) is 2.91. The quantitative estimate of drug-likeness (QED) is 0.482. The van der Waals surface area contributed by atoms with Crippen molar-refractivity contribution in [2.45, 2.75) is 45.6 Å². The van der Waals surface area contributed by atoms with E-state index >= 15 is 0 Å². The molecule has 1 aliphatic heterocycles. The average Bonchev–Trinajstić information content (AvgIpc) is 2.87. The third-order valence-corrected chi connectivity index (χ3v) is 4.80. The summed E-state index contributed by atoms with van der Waals surface area (Å²) in [7, 11) is 0. The molecule has 1 atom stereocenters. The van der Waals surface area contributed by atoms with Crippen LogP contribution in [0, 0.1) is 5.41 Å². The summed E-state index contributed by atoms with van der Waals surface area (Å²) in [5.74, 6) is 0.249. The zero-order chi connectivity index (χ0) is 16.7. The second-order valence-electron chi connectivity index (χ2n) is 6.23. The number of esters is 1. The van der Waals surface area contributed by atoms with Gasteiger partial charge in [0.25, 0.3) is 0 Å². The van der Waals surface area contributed by atoms with Crippen LogP contribution in [0.4, 0.5) is 5.69 Å². The summed E-state index contributed by atoms with van der Waals surface area (Å²) in [6.07, 6.45) is 3.48. The van der Waals surface area contributed by atoms with E-state index in [0.29, 0.717) is 0 Å². The monoisotopic (exact) mass is 320 g/mol. The van der Waals surface area contributed by atoms with Crippen LogP contribution in [0.15, 0.2) is 24.3 Å². The van der Waals surface area contributed by atoms with E-state index < -0.39 is 0 Å². The number of cyclic esters (lactones) is 1. The first kappa shape index (κ1) is 17.6. The summed E-state index contributed by atoms with van der Waals surface area (Å²) in [5.41, 5.74) is 0.661. The number of ether oxygens (including phenoxy) is 1. The fraction of sp³-hybridized carbons (Fsp3) is 0.611. The molecule has 1 aromatic rings. The van der Waals surface area contributed by atoms with Gasteiger partial charge in [0.2, 0.25) is 0 Å². The van der Waals surface area contributed by atoms with E-state index in [1.807, 2.05) is 12.1 Å². The predicted molar refractivity (Wildman–Crippen MR) is 91.6 cm³/mol. The van der Waals surface area contributed by atoms with Crippen LogP contribution in [0.25, 0.3) is 0 Å². The van der Waals surface area contributed by atoms with Crippen molar-refractivity contribution in [2.75, 3.05) is 25.0 Å². The largest absolute Gasteiger partial charge is 0.508 e. The lowest BCUT2D eigenvalue weighted by molar-refractivity contribution is -0.149. The molecule has 0 saturated carbocycles. The van der Waals surface area contributed by atoms with E-state index in [0.717, 1.165) is 51.0 Å². The van der Waals surface area contributed by atoms with Gasteiger partial charge in [-0.3, -0.25) is 4.79 Å². The highest BCUT2D eigenvalue weighted by atomic mass is 16.6. The van der Waals surface area contributed by atoms with E-state index in [1.54, 1.807) is 12.1 Å². The van der Waals surface area contributed by atoms with Gasteiger partial charge >= 0.3 is 5.97 Å². The van der Waals surface area contributed by atoms with Crippen LogP contribution in [0.5, 0.6) is 5.75 Å². The van der Waals surface area contributed by atoms with Crippen molar-refractivity contribution in [3.8, 4) is 5.75 Å². The Labute approximate surface area is 138 Å². The van der Waals surface area contributed by atoms with E-state index in [4.69, 9.17) is 4.74 Å². The molecule has 0 amide bonds. The normalized spacial score (nSPS) is 19.6. The van der Waals surface area contributed by atoms with E-state index in [9.17, 15) is 9.90 Å². The molecule has 0 aromatic heterocycles. The lowest BCUT2D eigenvalue weighted by atomic mass is 9.79. The van der Waals surface area contributed by atoms with E-state index in [-0.39, 0.29) is 23.2 Å². The van der Waals surface area contributed by atoms with Gasteiger partial charge in [0, 0.05) is 31.3 Å². The van der Waals surface area contributed by atoms with Gasteiger partial charge in [-0.15, -0.1) is 0 Å². The Morgan fingerprint density at radius 3 is 2.70 bits per heavy atom. The summed E-state index contributed by atoms with van der Waals surface area (Å²) < 4.78 is 5.53. The summed E-state index contributed by atoms with van der Waals surface area (Å²) in [5, 5.41) is 16.0. The van der Waals surface area contributed by atoms with Gasteiger partial charge in [-0.25, -0.2) is 0 Å². The molecular formula is C18H28N2O3. The first-order valence-electron chi connectivity index (χ1n) is 8.54. The average molecular weight is 320 g/mol. The van der Waals surface area contributed by atoms with Gasteiger partial charge in [-0.05, 0) is 37.9 Å². The van der Waals surface area contributed by atoms with Crippen molar-refractivity contribution in [3.05, 3.63) is 24.3 Å². The molecule has 0 radical (unpaired) electrons. The second-order valence-corrected chi connectivity index (χ2v) is 6.23. The van der Waals surface area contributed by atoms with Crippen molar-refractivity contribution < 1.29 is 14.6 Å². The zero-order valence-electron chi connectivity index (χ0n) is 14.1. The first-order valence-corrected chi connectivity index (χ1v) is 8.54. The maximum absolute atomic E-state index is 12.0. The minimum atomic E-state index is -0.248. The van der Waals surface area contributed by atoms with Crippen LogP contribution in [0.1, 0.15) is 39.5 Å². The van der Waals surface area contributed by atoms with E-state index in [1.165, 1.54) is 0 Å². The molecule has 1 unspecified atom stereocenters. The van der Waals surface area contributed by atoms with Gasteiger partial charge in [0.15, 0.2) is 0 Å². The summed E-state index contributed by atoms with van der Waals surface area (Å²) in [6.45, 7) is 6.57. The van der Waals surface area contributed by atoms with Crippen molar-refractivity contribution in [2.24, 2.45) is 5.41 Å². The van der Waals surface area contributed by atoms with Crippen molar-refractivity contribution >= 4 is 11.7 Å². The lowest BCUT2D eigenvalue weighted by Gasteiger charge is -2.20. The maximum atomic E-state index is 12.0. The number of hydrogen-bond donors (Lipinski definition) is 3. The number of rotatable bonds is 9. The molecule has 3 N–H and O–H groups in total. The molecule has 2 rings (SSSR count). The minimum absolute atomic E-state index is 0.0157. The fourth-order valence-electron chi connectivity index (χ4n) is 3.12. The fourth-order valence-corrected chi connectivity index (χ4v) is 3.12. The third-order valence-electron chi connectivity index (χ3n) is 4.80. The number of aromatic hydroxyl groups is 1. The molecule has 1 saturated heterocycles. The maximum Gasteiger partial charge on any atom is 0.312 e. The van der Waals surface area contributed by atoms with Crippen molar-refractivity contribution in [1.82, 2.24) is 5.32 Å². The Hall–Kier alpha value is -1.75. The Kier molecular flexibility index (Phi) is 6.28. The molecule has 5 heteroatoms. The molecule has 1 fully saturated rings. The number of anilines is 1. The van der Waals surface area contributed by atoms with Gasteiger partial charge in [-0.2, -0.15) is 0 Å². The molecular weight excluding hydrogens is 292 g/mol. The van der Waals surface area contributed by atoms with Crippen LogP contribution in [-0.2, 0) is 9.53 Å². The van der Waals surface area contributed by atoms with Crippen molar-refractivity contribution in [3.63, 3.8) is 0 Å². The number of hydrogen-bond acceptors (Lipinski definition) is 5. The number of carbonyl (C=O) groups excluding carboxylic acids is 1. The van der Waals surface area contributed by atoms with Gasteiger partial charge < -0.3 is 20.5 Å². The summed E-state index contributed by atoms with van der Waals surface area (Å²) in [6, 6.07) is 7.09. The van der Waals surface area contributed by atoms with Crippen LogP contribution in [0.2, 0.25) is 0 Å². The minimum Gasteiger partial charge on any atom is -0.508 e. The van der Waals surface area contributed by atoms with Gasteiger partial charge in [0.1, 0.15) is 11.9 Å². The van der Waals surface area contributed by atoms with E-state index in [2.05, 4.69) is 24.5 Å². The summed E-state index contributed by atoms with van der Waals surface area (Å²) >= 11 is 0. The molecule has 0 bridgehead atoms. The highest BCUT2D eigenvalue weighted by Gasteiger charge is 2.45. The standard InChI is InChI=1S/C18H28N2O3/c1-3-18(4-2)13-16(23-17(18)22)8-9-19-10-11-20-14-6-5-7-15(21)12-14/h5-7,12,16,19-21H,3-4,8-11,13H2,1-2H3. The summed E-state index contributed by atoms with van der Waals surface area (Å²) in [4.78, 5) is 12.0. The highest BCUT2D eigenvalue weighted by Crippen LogP contribution is 2.40. The lowest BCUT2D eigenvalue weighted by Crippen LogP contribution is -2.26. The van der Waals surface area contributed by atoms with Crippen LogP contribution >= 0.6 is 0 Å². The van der Waals surface area contributed by atoms with Crippen LogP contribution in [-0.4, -0.2) is 36.8 Å². The smallest absolute Gasteiger partial charge is 0.312 e. The molecule has 128 valence electrons. The molecule has 5 nitrogen and oxygen atoms in total. The van der Waals surface area contributed by atoms with Crippen LogP contribution < -0.4 is 10.6 Å². The number of phenols is 1. The van der Waals surface area contributed by atoms with Crippen molar-refractivity contribution in [1.29, 1.82) is 0 Å². The second kappa shape index (κ2) is 8.20. The SMILES string of the molecule is CCC1(CC)CC(CCNCCNc2cccc(O)c2)OC1=O. The Balaban J connectivity index is 1.60. The zero-order valence-corrected chi connectivity index (χ0v) is 14.1. The molecule has 1 aromatic carbocycles. The number of benzene rings is 1. The molecule has 1 aliphatic rings. The Morgan fingerprint density at radius 2 is 2.04 bits per heavy atom. The molecule has 0 spiro atoms. The van der Waals surface area contributed by atoms with Gasteiger partial charge in [-0.1, -0.05) is 19.9 Å². The third kappa shape index (κ3) is 4.61. The number of carbonyl (C=O) groups is 1. The Morgan fingerprint density at radius 1 is 1.26 bits per heavy atom. The van der Waals surface area contributed by atoms with Gasteiger partial charge in [0.05, 0.1) is 5.41 Å². The molecule has 1 heterocycles. The topological polar surface area (TPSA) is 70.6 Å². The first-order chi connectivity index (χ1) is 11.1. The van der Waals surface area contributed by atoms with Crippen LogP contribution in [0.3, 0.4) is 0 Å². The molecule has 0 aliphatic carbocycles.